The molecule has 1 rings (SSSR count). The fraction of sp³-hybridized carbons (Fsp3) is 0.929. The fourth-order valence-corrected chi connectivity index (χ4v) is 2.37. The summed E-state index contributed by atoms with van der Waals surface area (Å²) in [5.74, 6) is -0.239. The third-order valence-electron chi connectivity index (χ3n) is 3.37. The summed E-state index contributed by atoms with van der Waals surface area (Å²) < 4.78 is 5.20. The van der Waals surface area contributed by atoms with Crippen molar-refractivity contribution < 1.29 is 14.6 Å². The molecule has 0 aromatic rings. The predicted octanol–water partition coefficient (Wildman–Crippen LogP) is 3.19. The maximum absolute atomic E-state index is 11.1. The van der Waals surface area contributed by atoms with E-state index in [1.807, 2.05) is 0 Å². The lowest BCUT2D eigenvalue weighted by Crippen LogP contribution is -2.32. The average molecular weight is 242 g/mol. The largest absolute Gasteiger partial charge is 0.462 e. The van der Waals surface area contributed by atoms with Crippen LogP contribution >= 0.6 is 0 Å². The number of carbonyl (C=O) groups excluding carboxylic acids is 1. The minimum Gasteiger partial charge on any atom is -0.462 e. The number of rotatable bonds is 8. The summed E-state index contributed by atoms with van der Waals surface area (Å²) in [7, 11) is 0. The van der Waals surface area contributed by atoms with Crippen LogP contribution in [0.1, 0.15) is 71.1 Å². The number of aliphatic hydroxyl groups excluding tert-OH is 1. The lowest BCUT2D eigenvalue weighted by atomic mass is 10.00. The standard InChI is InChI=1S/C14H26O3/c1-2-3-4-5-6-7-8-9-13-10-12(15)11-14(16)17-13/h12-13,15H,2-11H2,1H3. The van der Waals surface area contributed by atoms with Gasteiger partial charge in [0.05, 0.1) is 12.5 Å². The monoisotopic (exact) mass is 242 g/mol. The first-order chi connectivity index (χ1) is 8.22. The molecular weight excluding hydrogens is 216 g/mol. The second-order valence-electron chi connectivity index (χ2n) is 5.12. The molecule has 2 atom stereocenters. The highest BCUT2D eigenvalue weighted by molar-refractivity contribution is 5.70. The van der Waals surface area contributed by atoms with Crippen LogP contribution in [0.4, 0.5) is 0 Å². The molecule has 1 aliphatic heterocycles. The van der Waals surface area contributed by atoms with Crippen LogP contribution in [-0.2, 0) is 9.53 Å². The van der Waals surface area contributed by atoms with Gasteiger partial charge in [0.2, 0.25) is 0 Å². The van der Waals surface area contributed by atoms with Crippen molar-refractivity contribution in [3.8, 4) is 0 Å². The summed E-state index contributed by atoms with van der Waals surface area (Å²) in [6.07, 6.45) is 10.1. The van der Waals surface area contributed by atoms with Gasteiger partial charge in [-0.1, -0.05) is 45.4 Å². The number of ether oxygens (including phenoxy) is 1. The zero-order valence-electron chi connectivity index (χ0n) is 11.0. The Kier molecular flexibility index (Phi) is 7.25. The molecule has 0 bridgehead atoms. The van der Waals surface area contributed by atoms with Gasteiger partial charge in [0.15, 0.2) is 0 Å². The molecule has 1 fully saturated rings. The number of esters is 1. The maximum atomic E-state index is 11.1. The zero-order valence-corrected chi connectivity index (χ0v) is 11.0. The van der Waals surface area contributed by atoms with E-state index < -0.39 is 6.10 Å². The van der Waals surface area contributed by atoms with Crippen molar-refractivity contribution in [3.63, 3.8) is 0 Å². The molecule has 1 heterocycles. The van der Waals surface area contributed by atoms with Crippen LogP contribution in [0, 0.1) is 0 Å². The Labute approximate surface area is 105 Å². The van der Waals surface area contributed by atoms with Gasteiger partial charge in [-0.05, 0) is 12.8 Å². The molecule has 0 saturated carbocycles. The Bertz CT molecular complexity index is 216. The molecule has 100 valence electrons. The van der Waals surface area contributed by atoms with E-state index in [2.05, 4.69) is 6.92 Å². The van der Waals surface area contributed by atoms with Crippen molar-refractivity contribution >= 4 is 5.97 Å². The van der Waals surface area contributed by atoms with Gasteiger partial charge in [0.1, 0.15) is 6.10 Å². The molecule has 1 N–H and O–H groups in total. The van der Waals surface area contributed by atoms with Crippen molar-refractivity contribution in [1.82, 2.24) is 0 Å². The van der Waals surface area contributed by atoms with Crippen molar-refractivity contribution in [3.05, 3.63) is 0 Å². The molecule has 17 heavy (non-hydrogen) atoms. The van der Waals surface area contributed by atoms with Crippen molar-refractivity contribution in [2.75, 3.05) is 0 Å². The number of hydrogen-bond donors (Lipinski definition) is 1. The van der Waals surface area contributed by atoms with Gasteiger partial charge in [-0.25, -0.2) is 0 Å². The number of carbonyl (C=O) groups is 1. The van der Waals surface area contributed by atoms with Crippen molar-refractivity contribution in [2.24, 2.45) is 0 Å². The Morgan fingerprint density at radius 3 is 2.47 bits per heavy atom. The van der Waals surface area contributed by atoms with E-state index in [-0.39, 0.29) is 18.5 Å². The van der Waals surface area contributed by atoms with Gasteiger partial charge in [0.25, 0.3) is 0 Å². The molecule has 0 aromatic heterocycles. The summed E-state index contributed by atoms with van der Waals surface area (Å²) in [6.45, 7) is 2.22. The quantitative estimate of drug-likeness (QED) is 0.525. The third-order valence-corrected chi connectivity index (χ3v) is 3.37. The minimum absolute atomic E-state index is 0.0399. The van der Waals surface area contributed by atoms with Crippen LogP contribution in [0.15, 0.2) is 0 Å². The van der Waals surface area contributed by atoms with E-state index in [0.29, 0.717) is 6.42 Å². The van der Waals surface area contributed by atoms with E-state index in [1.54, 1.807) is 0 Å². The molecule has 3 heteroatoms. The molecule has 1 saturated heterocycles. The summed E-state index contributed by atoms with van der Waals surface area (Å²) in [4.78, 5) is 11.1. The highest BCUT2D eigenvalue weighted by Gasteiger charge is 2.26. The Morgan fingerprint density at radius 2 is 1.82 bits per heavy atom. The molecule has 3 nitrogen and oxygen atoms in total. The number of cyclic esters (lactones) is 1. The maximum Gasteiger partial charge on any atom is 0.308 e. The average Bonchev–Trinajstić information content (AvgIpc) is 2.26. The van der Waals surface area contributed by atoms with E-state index in [0.717, 1.165) is 12.8 Å². The van der Waals surface area contributed by atoms with Crippen LogP contribution in [0.5, 0.6) is 0 Å². The van der Waals surface area contributed by atoms with E-state index >= 15 is 0 Å². The fourth-order valence-electron chi connectivity index (χ4n) is 2.37. The smallest absolute Gasteiger partial charge is 0.308 e. The van der Waals surface area contributed by atoms with Gasteiger partial charge in [-0.3, -0.25) is 4.79 Å². The molecule has 0 radical (unpaired) electrons. The van der Waals surface area contributed by atoms with Gasteiger partial charge < -0.3 is 9.84 Å². The number of aliphatic hydroxyl groups is 1. The Morgan fingerprint density at radius 1 is 1.18 bits per heavy atom. The summed E-state index contributed by atoms with van der Waals surface area (Å²) >= 11 is 0. The van der Waals surface area contributed by atoms with Crippen LogP contribution in [-0.4, -0.2) is 23.3 Å². The van der Waals surface area contributed by atoms with E-state index in [1.165, 1.54) is 38.5 Å². The normalized spacial score (nSPS) is 24.7. The van der Waals surface area contributed by atoms with Crippen LogP contribution in [0.25, 0.3) is 0 Å². The van der Waals surface area contributed by atoms with Crippen LogP contribution < -0.4 is 0 Å². The first kappa shape index (κ1) is 14.5. The van der Waals surface area contributed by atoms with Gasteiger partial charge in [0, 0.05) is 6.42 Å². The lowest BCUT2D eigenvalue weighted by molar-refractivity contribution is -0.160. The first-order valence-electron chi connectivity index (χ1n) is 7.10. The van der Waals surface area contributed by atoms with E-state index in [9.17, 15) is 9.90 Å². The highest BCUT2D eigenvalue weighted by Crippen LogP contribution is 2.20. The second-order valence-corrected chi connectivity index (χ2v) is 5.12. The van der Waals surface area contributed by atoms with Gasteiger partial charge in [-0.2, -0.15) is 0 Å². The molecule has 2 unspecified atom stereocenters. The molecule has 0 spiro atoms. The number of unbranched alkanes of at least 4 members (excludes halogenated alkanes) is 6. The zero-order chi connectivity index (χ0) is 12.5. The van der Waals surface area contributed by atoms with Crippen LogP contribution in [0.2, 0.25) is 0 Å². The van der Waals surface area contributed by atoms with Crippen molar-refractivity contribution in [1.29, 1.82) is 0 Å². The van der Waals surface area contributed by atoms with E-state index in [4.69, 9.17) is 4.74 Å². The minimum atomic E-state index is -0.481. The SMILES string of the molecule is CCCCCCCCCC1CC(O)CC(=O)O1. The predicted molar refractivity (Wildman–Crippen MR) is 67.7 cm³/mol. The molecule has 0 amide bonds. The van der Waals surface area contributed by atoms with Gasteiger partial charge >= 0.3 is 5.97 Å². The lowest BCUT2D eigenvalue weighted by Gasteiger charge is -2.25. The molecule has 0 aromatic carbocycles. The summed E-state index contributed by atoms with van der Waals surface area (Å²) in [5, 5.41) is 9.45. The van der Waals surface area contributed by atoms with Crippen LogP contribution in [0.3, 0.4) is 0 Å². The highest BCUT2D eigenvalue weighted by atomic mass is 16.5. The second kappa shape index (κ2) is 8.51. The first-order valence-corrected chi connectivity index (χ1v) is 7.10. The topological polar surface area (TPSA) is 46.5 Å². The number of hydrogen-bond acceptors (Lipinski definition) is 3. The summed E-state index contributed by atoms with van der Waals surface area (Å²) in [5.41, 5.74) is 0. The Balaban J connectivity index is 1.97. The van der Waals surface area contributed by atoms with Crippen molar-refractivity contribution in [2.45, 2.75) is 83.3 Å². The molecule has 0 aliphatic carbocycles. The van der Waals surface area contributed by atoms with Gasteiger partial charge in [-0.15, -0.1) is 0 Å². The molecular formula is C14H26O3. The Hall–Kier alpha value is -0.570. The molecule has 1 aliphatic rings. The third kappa shape index (κ3) is 6.67. The summed E-state index contributed by atoms with van der Waals surface area (Å²) in [6, 6.07) is 0.